The van der Waals surface area contributed by atoms with Crippen LogP contribution in [0.3, 0.4) is 0 Å². The van der Waals surface area contributed by atoms with Crippen LogP contribution in [-0.4, -0.2) is 23.2 Å². The zero-order valence-corrected chi connectivity index (χ0v) is 12.3. The van der Waals surface area contributed by atoms with Gasteiger partial charge in [0.25, 0.3) is 5.91 Å². The first-order chi connectivity index (χ1) is 9.57. The maximum atomic E-state index is 11.8. The van der Waals surface area contributed by atoms with Gasteiger partial charge in [-0.1, -0.05) is 36.4 Å². The van der Waals surface area contributed by atoms with E-state index < -0.39 is 5.60 Å². The molecule has 0 bridgehead atoms. The van der Waals surface area contributed by atoms with E-state index in [0.29, 0.717) is 11.3 Å². The number of carbonyl (C=O) groups is 1. The smallest absolute Gasteiger partial charge is 0.261 e. The normalized spacial score (nSPS) is 13.7. The monoisotopic (exact) mass is 289 g/mol. The molecule has 1 aromatic carbocycles. The topological polar surface area (TPSA) is 49.3 Å². The van der Waals surface area contributed by atoms with Crippen molar-refractivity contribution in [1.29, 1.82) is 0 Å². The van der Waals surface area contributed by atoms with Gasteiger partial charge in [0.1, 0.15) is 0 Å². The van der Waals surface area contributed by atoms with Gasteiger partial charge in [0.2, 0.25) is 0 Å². The number of hydrogen-bond donors (Lipinski definition) is 2. The minimum atomic E-state index is -0.900. The second-order valence-corrected chi connectivity index (χ2v) is 6.09. The molecule has 0 fully saturated rings. The van der Waals surface area contributed by atoms with E-state index in [2.05, 4.69) is 5.32 Å². The van der Waals surface area contributed by atoms with Crippen LogP contribution in [0, 0.1) is 0 Å². The van der Waals surface area contributed by atoms with Gasteiger partial charge in [-0.05, 0) is 36.8 Å². The summed E-state index contributed by atoms with van der Waals surface area (Å²) in [6, 6.07) is 13.7. The van der Waals surface area contributed by atoms with Crippen LogP contribution < -0.4 is 5.32 Å². The Labute approximate surface area is 123 Å². The predicted molar refractivity (Wildman–Crippen MR) is 82.0 cm³/mol. The predicted octanol–water partition coefficient (Wildman–Crippen LogP) is 2.86. The zero-order chi connectivity index (χ0) is 14.4. The van der Waals surface area contributed by atoms with E-state index >= 15 is 0 Å². The fourth-order valence-electron chi connectivity index (χ4n) is 1.91. The highest BCUT2D eigenvalue weighted by molar-refractivity contribution is 7.12. The molecule has 1 amide bonds. The molecule has 0 radical (unpaired) electrons. The molecule has 0 saturated heterocycles. The Bertz CT molecular complexity index is 535. The summed E-state index contributed by atoms with van der Waals surface area (Å²) >= 11 is 1.40. The largest absolute Gasteiger partial charge is 0.388 e. The van der Waals surface area contributed by atoms with Crippen molar-refractivity contribution in [2.75, 3.05) is 6.54 Å². The van der Waals surface area contributed by atoms with E-state index in [0.717, 1.165) is 6.42 Å². The fourth-order valence-corrected chi connectivity index (χ4v) is 2.55. The lowest BCUT2D eigenvalue weighted by Crippen LogP contribution is -2.40. The van der Waals surface area contributed by atoms with Gasteiger partial charge in [-0.25, -0.2) is 0 Å². The first-order valence-electron chi connectivity index (χ1n) is 6.65. The van der Waals surface area contributed by atoms with Crippen molar-refractivity contribution < 1.29 is 9.90 Å². The minimum absolute atomic E-state index is 0.125. The van der Waals surface area contributed by atoms with Crippen LogP contribution in [-0.2, 0) is 6.42 Å². The molecule has 2 rings (SSSR count). The maximum absolute atomic E-state index is 11.8. The molecule has 2 N–H and O–H groups in total. The van der Waals surface area contributed by atoms with Crippen LogP contribution in [0.5, 0.6) is 0 Å². The number of rotatable bonds is 6. The first kappa shape index (κ1) is 14.8. The molecule has 3 nitrogen and oxygen atoms in total. The average molecular weight is 289 g/mol. The van der Waals surface area contributed by atoms with E-state index in [1.807, 2.05) is 41.8 Å². The van der Waals surface area contributed by atoms with Gasteiger partial charge < -0.3 is 10.4 Å². The highest BCUT2D eigenvalue weighted by Gasteiger charge is 2.21. The van der Waals surface area contributed by atoms with E-state index in [9.17, 15) is 9.90 Å². The van der Waals surface area contributed by atoms with Gasteiger partial charge in [0, 0.05) is 6.54 Å². The molecular formula is C16H19NO2S. The number of amides is 1. The molecule has 106 valence electrons. The number of benzene rings is 1. The number of nitrogens with one attached hydrogen (secondary N) is 1. The Morgan fingerprint density at radius 3 is 2.65 bits per heavy atom. The van der Waals surface area contributed by atoms with Crippen LogP contribution in [0.2, 0.25) is 0 Å². The lowest BCUT2D eigenvalue weighted by atomic mass is 9.97. The highest BCUT2D eigenvalue weighted by Crippen LogP contribution is 2.14. The van der Waals surface area contributed by atoms with Gasteiger partial charge >= 0.3 is 0 Å². The molecule has 1 heterocycles. The van der Waals surface area contributed by atoms with Gasteiger partial charge in [-0.3, -0.25) is 4.79 Å². The highest BCUT2D eigenvalue weighted by atomic mass is 32.1. The van der Waals surface area contributed by atoms with Gasteiger partial charge in [0.05, 0.1) is 10.5 Å². The molecular weight excluding hydrogens is 270 g/mol. The van der Waals surface area contributed by atoms with Crippen LogP contribution >= 0.6 is 11.3 Å². The number of carbonyl (C=O) groups excluding carboxylic acids is 1. The molecule has 20 heavy (non-hydrogen) atoms. The van der Waals surface area contributed by atoms with Gasteiger partial charge in [0.15, 0.2) is 0 Å². The average Bonchev–Trinajstić information content (AvgIpc) is 2.98. The van der Waals surface area contributed by atoms with Crippen molar-refractivity contribution in [3.05, 3.63) is 58.3 Å². The fraction of sp³-hybridized carbons (Fsp3) is 0.312. The summed E-state index contributed by atoms with van der Waals surface area (Å²) in [6.45, 7) is 2.02. The van der Waals surface area contributed by atoms with Crippen molar-refractivity contribution in [2.24, 2.45) is 0 Å². The molecule has 0 unspecified atom stereocenters. The summed E-state index contributed by atoms with van der Waals surface area (Å²) in [6.07, 6.45) is 1.41. The number of thiophene rings is 1. The van der Waals surface area contributed by atoms with E-state index in [-0.39, 0.29) is 12.5 Å². The molecule has 1 atom stereocenters. The Morgan fingerprint density at radius 1 is 1.25 bits per heavy atom. The first-order valence-corrected chi connectivity index (χ1v) is 7.53. The third kappa shape index (κ3) is 4.47. The molecule has 4 heteroatoms. The Hall–Kier alpha value is -1.65. The SMILES string of the molecule is C[C@](O)(CCc1ccccc1)CNC(=O)c1cccs1. The van der Waals surface area contributed by atoms with Crippen molar-refractivity contribution in [1.82, 2.24) is 5.32 Å². The summed E-state index contributed by atoms with van der Waals surface area (Å²) in [5, 5.41) is 15.0. The Kier molecular flexibility index (Phi) is 4.93. The van der Waals surface area contributed by atoms with E-state index in [1.165, 1.54) is 16.9 Å². The Balaban J connectivity index is 1.80. The van der Waals surface area contributed by atoms with E-state index in [1.54, 1.807) is 13.0 Å². The zero-order valence-electron chi connectivity index (χ0n) is 11.5. The molecule has 0 spiro atoms. The summed E-state index contributed by atoms with van der Waals surface area (Å²) in [5.74, 6) is -0.125. The molecule has 0 aliphatic carbocycles. The second kappa shape index (κ2) is 6.68. The third-order valence-electron chi connectivity index (χ3n) is 3.17. The quantitative estimate of drug-likeness (QED) is 0.859. The standard InChI is InChI=1S/C16H19NO2S/c1-16(19,10-9-13-6-3-2-4-7-13)12-17-15(18)14-8-5-11-20-14/h2-8,11,19H,9-10,12H2,1H3,(H,17,18)/t16-/m0/s1. The van der Waals surface area contributed by atoms with Crippen molar-refractivity contribution in [3.63, 3.8) is 0 Å². The van der Waals surface area contributed by atoms with Crippen LogP contribution in [0.1, 0.15) is 28.6 Å². The van der Waals surface area contributed by atoms with Crippen LogP contribution in [0.15, 0.2) is 47.8 Å². The molecule has 1 aromatic heterocycles. The summed E-state index contributed by atoms with van der Waals surface area (Å²) < 4.78 is 0. The van der Waals surface area contributed by atoms with Crippen molar-refractivity contribution in [2.45, 2.75) is 25.4 Å². The second-order valence-electron chi connectivity index (χ2n) is 5.14. The van der Waals surface area contributed by atoms with Crippen molar-refractivity contribution in [3.8, 4) is 0 Å². The number of aliphatic hydroxyl groups is 1. The number of aryl methyl sites for hydroxylation is 1. The molecule has 0 saturated carbocycles. The Morgan fingerprint density at radius 2 is 2.00 bits per heavy atom. The van der Waals surface area contributed by atoms with Crippen LogP contribution in [0.25, 0.3) is 0 Å². The summed E-state index contributed by atoms with van der Waals surface area (Å²) in [7, 11) is 0. The summed E-state index contributed by atoms with van der Waals surface area (Å²) in [5.41, 5.74) is 0.292. The van der Waals surface area contributed by atoms with E-state index in [4.69, 9.17) is 0 Å². The number of hydrogen-bond acceptors (Lipinski definition) is 3. The molecule has 2 aromatic rings. The van der Waals surface area contributed by atoms with Crippen LogP contribution in [0.4, 0.5) is 0 Å². The van der Waals surface area contributed by atoms with Gasteiger partial charge in [-0.15, -0.1) is 11.3 Å². The third-order valence-corrected chi connectivity index (χ3v) is 4.04. The summed E-state index contributed by atoms with van der Waals surface area (Å²) in [4.78, 5) is 12.5. The lowest BCUT2D eigenvalue weighted by Gasteiger charge is -2.23. The maximum Gasteiger partial charge on any atom is 0.261 e. The minimum Gasteiger partial charge on any atom is -0.388 e. The molecule has 0 aliphatic rings. The van der Waals surface area contributed by atoms with Gasteiger partial charge in [-0.2, -0.15) is 0 Å². The lowest BCUT2D eigenvalue weighted by molar-refractivity contribution is 0.0479. The molecule has 0 aliphatic heterocycles. The van der Waals surface area contributed by atoms with Crippen molar-refractivity contribution >= 4 is 17.2 Å².